The number of carboxylic acid groups (broad SMARTS) is 1. The van der Waals surface area contributed by atoms with Crippen LogP contribution in [0.3, 0.4) is 0 Å². The lowest BCUT2D eigenvalue weighted by atomic mass is 9.81. The van der Waals surface area contributed by atoms with Crippen LogP contribution in [-0.2, 0) is 42.9 Å². The van der Waals surface area contributed by atoms with E-state index >= 15 is 0 Å². The normalized spacial score (nSPS) is 28.1. The van der Waals surface area contributed by atoms with E-state index in [9.17, 15) is 24.3 Å². The minimum absolute atomic E-state index is 0.251. The number of carbonyl (C=O) groups is 4. The van der Waals surface area contributed by atoms with Crippen molar-refractivity contribution in [2.24, 2.45) is 11.8 Å². The molecule has 2 saturated heterocycles. The van der Waals surface area contributed by atoms with E-state index in [1.54, 1.807) is 41.5 Å². The van der Waals surface area contributed by atoms with Gasteiger partial charge in [-0.25, -0.2) is 4.79 Å². The molecule has 2 heterocycles. The summed E-state index contributed by atoms with van der Waals surface area (Å²) in [7, 11) is 0. The second-order valence-electron chi connectivity index (χ2n) is 13.2. The number of unbranched alkanes of at least 4 members (excludes halogenated alkanes) is 6. The van der Waals surface area contributed by atoms with Crippen molar-refractivity contribution >= 4 is 23.9 Å². The van der Waals surface area contributed by atoms with Crippen molar-refractivity contribution < 1.29 is 48.0 Å². The largest absolute Gasteiger partial charge is 0.481 e. The van der Waals surface area contributed by atoms with Crippen LogP contribution in [-0.4, -0.2) is 57.9 Å². The second-order valence-corrected chi connectivity index (χ2v) is 13.2. The minimum atomic E-state index is -2.26. The van der Waals surface area contributed by atoms with E-state index in [2.05, 4.69) is 13.5 Å². The van der Waals surface area contributed by atoms with Crippen molar-refractivity contribution in [3.05, 3.63) is 12.2 Å². The molecule has 1 N–H and O–H groups in total. The Morgan fingerprint density at radius 1 is 0.951 bits per heavy atom. The van der Waals surface area contributed by atoms with Crippen LogP contribution in [0.4, 0.5) is 0 Å². The summed E-state index contributed by atoms with van der Waals surface area (Å²) in [5.41, 5.74) is -3.81. The van der Waals surface area contributed by atoms with E-state index in [4.69, 9.17) is 23.7 Å². The topological polar surface area (TPSA) is 135 Å². The summed E-state index contributed by atoms with van der Waals surface area (Å²) in [5, 5.41) is 9.89. The molecule has 234 valence electrons. The molecule has 0 aromatic rings. The molecule has 0 aliphatic carbocycles. The maximum Gasteiger partial charge on any atom is 0.340 e. The van der Waals surface area contributed by atoms with Gasteiger partial charge in [0.1, 0.15) is 17.1 Å². The van der Waals surface area contributed by atoms with Crippen molar-refractivity contribution in [2.45, 2.75) is 148 Å². The second kappa shape index (κ2) is 13.7. The van der Waals surface area contributed by atoms with E-state index in [-0.39, 0.29) is 6.42 Å². The van der Waals surface area contributed by atoms with Crippen molar-refractivity contribution in [2.75, 3.05) is 0 Å². The van der Waals surface area contributed by atoms with Gasteiger partial charge in [0.05, 0.1) is 6.42 Å². The third-order valence-corrected chi connectivity index (χ3v) is 7.20. The van der Waals surface area contributed by atoms with Gasteiger partial charge in [0.25, 0.3) is 0 Å². The molecule has 5 atom stereocenters. The predicted molar refractivity (Wildman–Crippen MR) is 150 cm³/mol. The molecular formula is C31H50O10. The molecule has 2 fully saturated rings. The summed E-state index contributed by atoms with van der Waals surface area (Å²) in [6.07, 6.45) is 5.93. The fourth-order valence-electron chi connectivity index (χ4n) is 5.45. The Labute approximate surface area is 244 Å². The van der Waals surface area contributed by atoms with Crippen LogP contribution >= 0.6 is 0 Å². The third-order valence-electron chi connectivity index (χ3n) is 7.20. The van der Waals surface area contributed by atoms with Crippen LogP contribution in [0.15, 0.2) is 12.2 Å². The smallest absolute Gasteiger partial charge is 0.340 e. The molecule has 2 rings (SSSR count). The Balaban J connectivity index is 2.46. The first-order valence-electron chi connectivity index (χ1n) is 14.8. The van der Waals surface area contributed by atoms with E-state index in [1.807, 2.05) is 0 Å². The summed E-state index contributed by atoms with van der Waals surface area (Å²) in [6, 6.07) is 0. The molecule has 2 aliphatic rings. The van der Waals surface area contributed by atoms with Gasteiger partial charge in [0.15, 0.2) is 11.4 Å². The molecule has 0 aromatic carbocycles. The first kappa shape index (κ1) is 34.7. The van der Waals surface area contributed by atoms with E-state index < -0.39 is 71.0 Å². The van der Waals surface area contributed by atoms with Crippen LogP contribution in [0, 0.1) is 11.8 Å². The highest BCUT2D eigenvalue weighted by molar-refractivity contribution is 5.92. The molecule has 0 radical (unpaired) electrons. The summed E-state index contributed by atoms with van der Waals surface area (Å²) < 4.78 is 29.3. The summed E-state index contributed by atoms with van der Waals surface area (Å²) in [6.45, 7) is 17.6. The Morgan fingerprint density at radius 2 is 1.51 bits per heavy atom. The van der Waals surface area contributed by atoms with Crippen molar-refractivity contribution in [3.8, 4) is 0 Å². The number of hydrogen-bond acceptors (Lipinski definition) is 9. The summed E-state index contributed by atoms with van der Waals surface area (Å²) in [5.74, 6) is -7.42. The molecule has 0 amide bonds. The van der Waals surface area contributed by atoms with Crippen LogP contribution in [0.1, 0.15) is 120 Å². The van der Waals surface area contributed by atoms with Gasteiger partial charge in [0, 0.05) is 19.3 Å². The van der Waals surface area contributed by atoms with Gasteiger partial charge >= 0.3 is 23.9 Å². The molecule has 10 heteroatoms. The monoisotopic (exact) mass is 582 g/mol. The SMILES string of the molecule is C=C1C(CCCCCCCCC)C(OC(C)=O)O[C@]12C[C@H](C(=O)OC(C)(C)C)[C@@](CC(=O)O)(C(=O)OC(C)(C)C)O2. The number of hydrogen-bond donors (Lipinski definition) is 1. The maximum atomic E-state index is 13.7. The zero-order valence-electron chi connectivity index (χ0n) is 26.1. The fourth-order valence-corrected chi connectivity index (χ4v) is 5.45. The van der Waals surface area contributed by atoms with Gasteiger partial charge in [-0.3, -0.25) is 14.4 Å². The molecular weight excluding hydrogens is 532 g/mol. The Bertz CT molecular complexity index is 974. The zero-order chi connectivity index (χ0) is 31.2. The van der Waals surface area contributed by atoms with Crippen LogP contribution < -0.4 is 0 Å². The molecule has 1 spiro atoms. The Kier molecular flexibility index (Phi) is 11.6. The van der Waals surface area contributed by atoms with Crippen LogP contribution in [0.25, 0.3) is 0 Å². The third kappa shape index (κ3) is 9.26. The Morgan fingerprint density at radius 3 is 2.02 bits per heavy atom. The molecule has 41 heavy (non-hydrogen) atoms. The minimum Gasteiger partial charge on any atom is -0.481 e. The highest BCUT2D eigenvalue weighted by Crippen LogP contribution is 2.56. The van der Waals surface area contributed by atoms with Gasteiger partial charge in [-0.05, 0) is 53.5 Å². The maximum absolute atomic E-state index is 13.7. The molecule has 0 bridgehead atoms. The number of esters is 3. The Hall–Kier alpha value is -2.46. The lowest BCUT2D eigenvalue weighted by Gasteiger charge is -2.35. The highest BCUT2D eigenvalue weighted by atomic mass is 16.8. The van der Waals surface area contributed by atoms with Crippen molar-refractivity contribution in [3.63, 3.8) is 0 Å². The number of carboxylic acids is 1. The number of aliphatic carboxylic acids is 1. The van der Waals surface area contributed by atoms with Crippen molar-refractivity contribution in [1.29, 1.82) is 0 Å². The van der Waals surface area contributed by atoms with Crippen molar-refractivity contribution in [1.82, 2.24) is 0 Å². The first-order valence-corrected chi connectivity index (χ1v) is 14.8. The predicted octanol–water partition coefficient (Wildman–Crippen LogP) is 5.85. The number of rotatable bonds is 13. The number of ether oxygens (including phenoxy) is 5. The van der Waals surface area contributed by atoms with Gasteiger partial charge in [-0.1, -0.05) is 58.4 Å². The van der Waals surface area contributed by atoms with E-state index in [0.717, 1.165) is 25.7 Å². The number of carbonyl (C=O) groups excluding carboxylic acids is 3. The fraction of sp³-hybridized carbons (Fsp3) is 0.806. The first-order chi connectivity index (χ1) is 18.9. The van der Waals surface area contributed by atoms with E-state index in [0.29, 0.717) is 12.0 Å². The van der Waals surface area contributed by atoms with Gasteiger partial charge in [0.2, 0.25) is 6.29 Å². The lowest BCUT2D eigenvalue weighted by molar-refractivity contribution is -0.271. The average Bonchev–Trinajstić information content (AvgIpc) is 3.25. The standard InChI is InChI=1S/C31H50O10/c1-10-11-12-13-14-15-16-17-22-20(2)31(39-26(22)37-21(3)32)18-23(25(35)38-28(4,5)6)30(41-31,19-24(33)34)27(36)40-29(7,8)9/h22-23,26H,2,10-19H2,1,3-9H3,(H,33,34)/t22?,23-,26?,30+,31+/m1/s1. The lowest BCUT2D eigenvalue weighted by Crippen LogP contribution is -2.53. The zero-order valence-corrected chi connectivity index (χ0v) is 26.1. The molecule has 0 saturated carbocycles. The summed E-state index contributed by atoms with van der Waals surface area (Å²) in [4.78, 5) is 51.4. The van der Waals surface area contributed by atoms with Crippen LogP contribution in [0.2, 0.25) is 0 Å². The molecule has 2 unspecified atom stereocenters. The summed E-state index contributed by atoms with van der Waals surface area (Å²) >= 11 is 0. The van der Waals surface area contributed by atoms with Gasteiger partial charge < -0.3 is 28.8 Å². The molecule has 0 aromatic heterocycles. The van der Waals surface area contributed by atoms with Gasteiger partial charge in [-0.2, -0.15) is 0 Å². The molecule has 2 aliphatic heterocycles. The quantitative estimate of drug-likeness (QED) is 0.122. The highest BCUT2D eigenvalue weighted by Gasteiger charge is 2.70. The average molecular weight is 583 g/mol. The van der Waals surface area contributed by atoms with Gasteiger partial charge in [-0.15, -0.1) is 0 Å². The molecule has 10 nitrogen and oxygen atoms in total. The van der Waals surface area contributed by atoms with E-state index in [1.165, 1.54) is 26.2 Å². The van der Waals surface area contributed by atoms with Crippen LogP contribution in [0.5, 0.6) is 0 Å².